The first-order chi connectivity index (χ1) is 12.6. The molecule has 3 rings (SSSR count). The second kappa shape index (κ2) is 8.34. The minimum Gasteiger partial charge on any atom is -0.508 e. The summed E-state index contributed by atoms with van der Waals surface area (Å²) in [5, 5.41) is 13.3. The number of hydrogen-bond donors (Lipinski definition) is 2. The van der Waals surface area contributed by atoms with Crippen molar-refractivity contribution in [3.05, 3.63) is 101 Å². The van der Waals surface area contributed by atoms with Gasteiger partial charge in [0.2, 0.25) is 5.91 Å². The molecule has 0 aliphatic rings. The summed E-state index contributed by atoms with van der Waals surface area (Å²) >= 11 is 0. The molecule has 0 unspecified atom stereocenters. The van der Waals surface area contributed by atoms with E-state index in [1.54, 1.807) is 6.07 Å². The van der Waals surface area contributed by atoms with Gasteiger partial charge >= 0.3 is 0 Å². The van der Waals surface area contributed by atoms with E-state index < -0.39 is 0 Å². The van der Waals surface area contributed by atoms with Crippen LogP contribution in [0.3, 0.4) is 0 Å². The van der Waals surface area contributed by atoms with E-state index in [-0.39, 0.29) is 24.0 Å². The normalized spacial score (nSPS) is 11.7. The monoisotopic (exact) mass is 345 g/mol. The lowest BCUT2D eigenvalue weighted by Gasteiger charge is -2.19. The fraction of sp³-hybridized carbons (Fsp3) is 0.174. The lowest BCUT2D eigenvalue weighted by molar-refractivity contribution is -0.121. The van der Waals surface area contributed by atoms with Crippen LogP contribution < -0.4 is 5.32 Å². The van der Waals surface area contributed by atoms with Gasteiger partial charge in [0.05, 0.1) is 0 Å². The summed E-state index contributed by atoms with van der Waals surface area (Å²) in [5.74, 6) is -0.00389. The number of carbonyl (C=O) groups is 1. The highest BCUT2D eigenvalue weighted by Gasteiger charge is 2.21. The fourth-order valence-corrected chi connectivity index (χ4v) is 3.10. The standard InChI is InChI=1S/C23H23NO2/c1-17-12-13-22(25)21(14-17)20(19-10-6-3-7-11-19)15-23(26)24-16-18-8-4-2-5-9-18/h2-14,20,25H,15-16H2,1H3,(H,24,26)/t20-/m0/s1. The number of hydrogen-bond acceptors (Lipinski definition) is 2. The highest BCUT2D eigenvalue weighted by Crippen LogP contribution is 2.34. The molecule has 3 aromatic carbocycles. The van der Waals surface area contributed by atoms with Gasteiger partial charge < -0.3 is 10.4 Å². The number of phenols is 1. The van der Waals surface area contributed by atoms with Crippen LogP contribution in [-0.2, 0) is 11.3 Å². The van der Waals surface area contributed by atoms with Crippen molar-refractivity contribution in [2.45, 2.75) is 25.8 Å². The van der Waals surface area contributed by atoms with E-state index in [0.717, 1.165) is 22.3 Å². The zero-order valence-electron chi connectivity index (χ0n) is 14.9. The zero-order valence-corrected chi connectivity index (χ0v) is 14.9. The Bertz CT molecular complexity index is 860. The zero-order chi connectivity index (χ0) is 18.4. The molecule has 0 fully saturated rings. The van der Waals surface area contributed by atoms with Crippen LogP contribution in [0.2, 0.25) is 0 Å². The van der Waals surface area contributed by atoms with Gasteiger partial charge in [0.1, 0.15) is 5.75 Å². The lowest BCUT2D eigenvalue weighted by Crippen LogP contribution is -2.25. The molecule has 0 aliphatic carbocycles. The van der Waals surface area contributed by atoms with Crippen molar-refractivity contribution in [2.24, 2.45) is 0 Å². The molecule has 3 aromatic rings. The summed E-state index contributed by atoms with van der Waals surface area (Å²) < 4.78 is 0. The first kappa shape index (κ1) is 17.7. The molecular formula is C23H23NO2. The highest BCUT2D eigenvalue weighted by molar-refractivity contribution is 5.77. The van der Waals surface area contributed by atoms with Crippen molar-refractivity contribution in [1.29, 1.82) is 0 Å². The van der Waals surface area contributed by atoms with E-state index >= 15 is 0 Å². The van der Waals surface area contributed by atoms with E-state index in [2.05, 4.69) is 5.32 Å². The third-order valence-corrected chi connectivity index (χ3v) is 4.48. The Balaban J connectivity index is 1.80. The van der Waals surface area contributed by atoms with Crippen LogP contribution in [0.15, 0.2) is 78.9 Å². The van der Waals surface area contributed by atoms with E-state index in [0.29, 0.717) is 6.54 Å². The molecule has 0 heterocycles. The maximum Gasteiger partial charge on any atom is 0.221 e. The molecule has 0 spiro atoms. The second-order valence-corrected chi connectivity index (χ2v) is 6.49. The summed E-state index contributed by atoms with van der Waals surface area (Å²) in [6.07, 6.45) is 0.286. The van der Waals surface area contributed by atoms with Crippen LogP contribution in [-0.4, -0.2) is 11.0 Å². The number of carbonyl (C=O) groups excluding carboxylic acids is 1. The summed E-state index contributed by atoms with van der Waals surface area (Å²) in [6, 6.07) is 25.2. The van der Waals surface area contributed by atoms with E-state index in [9.17, 15) is 9.90 Å². The molecule has 0 radical (unpaired) electrons. The molecule has 0 bridgehead atoms. The first-order valence-corrected chi connectivity index (χ1v) is 8.78. The number of phenolic OH excluding ortho intramolecular Hbond substituents is 1. The Morgan fingerprint density at radius 1 is 0.962 bits per heavy atom. The van der Waals surface area contributed by atoms with Crippen molar-refractivity contribution in [3.8, 4) is 5.75 Å². The molecule has 3 nitrogen and oxygen atoms in total. The maximum absolute atomic E-state index is 12.6. The van der Waals surface area contributed by atoms with Gasteiger partial charge in [-0.3, -0.25) is 4.79 Å². The van der Waals surface area contributed by atoms with Crippen LogP contribution >= 0.6 is 0 Å². The Morgan fingerprint density at radius 2 is 1.62 bits per heavy atom. The Kier molecular flexibility index (Phi) is 5.69. The molecule has 0 saturated carbocycles. The van der Waals surface area contributed by atoms with Crippen LogP contribution in [0.25, 0.3) is 0 Å². The topological polar surface area (TPSA) is 49.3 Å². The number of amides is 1. The van der Waals surface area contributed by atoms with Crippen molar-refractivity contribution >= 4 is 5.91 Å². The molecule has 2 N–H and O–H groups in total. The minimum absolute atomic E-state index is 0.0383. The van der Waals surface area contributed by atoms with E-state index in [1.807, 2.05) is 79.7 Å². The van der Waals surface area contributed by atoms with Gasteiger partial charge in [0.25, 0.3) is 0 Å². The van der Waals surface area contributed by atoms with Crippen LogP contribution in [0.4, 0.5) is 0 Å². The lowest BCUT2D eigenvalue weighted by atomic mass is 9.87. The number of nitrogens with one attached hydrogen (secondary N) is 1. The molecule has 1 atom stereocenters. The third kappa shape index (κ3) is 4.51. The Labute approximate surface area is 154 Å². The van der Waals surface area contributed by atoms with Gasteiger partial charge in [0.15, 0.2) is 0 Å². The van der Waals surface area contributed by atoms with Crippen LogP contribution in [0.1, 0.15) is 34.6 Å². The predicted octanol–water partition coefficient (Wildman–Crippen LogP) is 4.54. The number of benzene rings is 3. The van der Waals surface area contributed by atoms with Gasteiger partial charge in [-0.1, -0.05) is 78.4 Å². The molecule has 3 heteroatoms. The summed E-state index contributed by atoms with van der Waals surface area (Å²) in [7, 11) is 0. The summed E-state index contributed by atoms with van der Waals surface area (Å²) in [4.78, 5) is 12.6. The van der Waals surface area contributed by atoms with Crippen LogP contribution in [0, 0.1) is 6.92 Å². The van der Waals surface area contributed by atoms with E-state index in [4.69, 9.17) is 0 Å². The Morgan fingerprint density at radius 3 is 2.31 bits per heavy atom. The number of rotatable bonds is 6. The molecule has 1 amide bonds. The number of aromatic hydroxyl groups is 1. The average Bonchev–Trinajstić information content (AvgIpc) is 2.68. The SMILES string of the molecule is Cc1ccc(O)c([C@@H](CC(=O)NCc2ccccc2)c2ccccc2)c1. The summed E-state index contributed by atoms with van der Waals surface area (Å²) in [5.41, 5.74) is 3.92. The predicted molar refractivity (Wildman–Crippen MR) is 104 cm³/mol. The van der Waals surface area contributed by atoms with Crippen molar-refractivity contribution in [3.63, 3.8) is 0 Å². The van der Waals surface area contributed by atoms with Gasteiger partial charge in [0, 0.05) is 24.4 Å². The van der Waals surface area contributed by atoms with Crippen molar-refractivity contribution < 1.29 is 9.90 Å². The average molecular weight is 345 g/mol. The fourth-order valence-electron chi connectivity index (χ4n) is 3.10. The second-order valence-electron chi connectivity index (χ2n) is 6.49. The van der Waals surface area contributed by atoms with Gasteiger partial charge in [-0.05, 0) is 24.1 Å². The molecule has 0 aromatic heterocycles. The smallest absolute Gasteiger partial charge is 0.221 e. The van der Waals surface area contributed by atoms with Crippen molar-refractivity contribution in [1.82, 2.24) is 5.32 Å². The third-order valence-electron chi connectivity index (χ3n) is 4.48. The minimum atomic E-state index is -0.188. The molecule has 0 aliphatic heterocycles. The largest absolute Gasteiger partial charge is 0.508 e. The first-order valence-electron chi connectivity index (χ1n) is 8.78. The van der Waals surface area contributed by atoms with E-state index in [1.165, 1.54) is 0 Å². The molecule has 0 saturated heterocycles. The van der Waals surface area contributed by atoms with Gasteiger partial charge in [-0.2, -0.15) is 0 Å². The molecule has 26 heavy (non-hydrogen) atoms. The number of aryl methyl sites for hydroxylation is 1. The van der Waals surface area contributed by atoms with Crippen LogP contribution in [0.5, 0.6) is 5.75 Å². The van der Waals surface area contributed by atoms with Gasteiger partial charge in [-0.15, -0.1) is 0 Å². The van der Waals surface area contributed by atoms with Gasteiger partial charge in [-0.25, -0.2) is 0 Å². The highest BCUT2D eigenvalue weighted by atomic mass is 16.3. The quantitative estimate of drug-likeness (QED) is 0.689. The van der Waals surface area contributed by atoms with Crippen molar-refractivity contribution in [2.75, 3.05) is 0 Å². The summed E-state index contributed by atoms with van der Waals surface area (Å²) in [6.45, 7) is 2.49. The molecule has 132 valence electrons. The molecular weight excluding hydrogens is 322 g/mol. The Hall–Kier alpha value is -3.07. The maximum atomic E-state index is 12.6.